The standard InChI is InChI=1S/C12H23N3O/c1-6-10(7-2)13-8-11-9(3)14-15(4)12(11)16-5/h10,13H,6-8H2,1-5H3. The van der Waals surface area contributed by atoms with Gasteiger partial charge in [-0.15, -0.1) is 0 Å². The van der Waals surface area contributed by atoms with Crippen molar-refractivity contribution in [3.05, 3.63) is 11.3 Å². The topological polar surface area (TPSA) is 39.1 Å². The zero-order chi connectivity index (χ0) is 12.1. The molecule has 0 aromatic carbocycles. The second kappa shape index (κ2) is 5.89. The number of nitrogens with one attached hydrogen (secondary N) is 1. The van der Waals surface area contributed by atoms with Crippen LogP contribution in [0.1, 0.15) is 37.9 Å². The molecule has 4 heteroatoms. The van der Waals surface area contributed by atoms with Crippen molar-refractivity contribution in [2.24, 2.45) is 7.05 Å². The molecule has 16 heavy (non-hydrogen) atoms. The number of methoxy groups -OCH3 is 1. The molecule has 1 N–H and O–H groups in total. The maximum atomic E-state index is 5.36. The van der Waals surface area contributed by atoms with Gasteiger partial charge in [-0.2, -0.15) is 5.10 Å². The van der Waals surface area contributed by atoms with Gasteiger partial charge < -0.3 is 10.1 Å². The summed E-state index contributed by atoms with van der Waals surface area (Å²) in [4.78, 5) is 0. The Labute approximate surface area is 98.0 Å². The summed E-state index contributed by atoms with van der Waals surface area (Å²) in [5.74, 6) is 0.857. The van der Waals surface area contributed by atoms with Crippen LogP contribution in [-0.4, -0.2) is 22.9 Å². The molecular formula is C12H23N3O. The van der Waals surface area contributed by atoms with Crippen LogP contribution in [-0.2, 0) is 13.6 Å². The van der Waals surface area contributed by atoms with E-state index in [9.17, 15) is 0 Å². The van der Waals surface area contributed by atoms with Crippen LogP contribution in [0.4, 0.5) is 0 Å². The first-order valence-corrected chi connectivity index (χ1v) is 5.93. The molecule has 1 aromatic rings. The molecule has 0 aliphatic rings. The highest BCUT2D eigenvalue weighted by atomic mass is 16.5. The van der Waals surface area contributed by atoms with Crippen LogP contribution in [0.25, 0.3) is 0 Å². The third-order valence-electron chi connectivity index (χ3n) is 3.04. The third-order valence-corrected chi connectivity index (χ3v) is 3.04. The van der Waals surface area contributed by atoms with E-state index in [0.717, 1.165) is 36.5 Å². The summed E-state index contributed by atoms with van der Waals surface area (Å²) in [6.07, 6.45) is 2.30. The summed E-state index contributed by atoms with van der Waals surface area (Å²) in [6.45, 7) is 7.25. The van der Waals surface area contributed by atoms with Crippen molar-refractivity contribution in [2.45, 2.75) is 46.2 Å². The van der Waals surface area contributed by atoms with Crippen molar-refractivity contribution < 1.29 is 4.74 Å². The van der Waals surface area contributed by atoms with Crippen LogP contribution < -0.4 is 10.1 Å². The third kappa shape index (κ3) is 2.76. The lowest BCUT2D eigenvalue weighted by atomic mass is 10.1. The average Bonchev–Trinajstić information content (AvgIpc) is 2.54. The van der Waals surface area contributed by atoms with Gasteiger partial charge in [0, 0.05) is 19.6 Å². The van der Waals surface area contributed by atoms with Gasteiger partial charge in [-0.1, -0.05) is 13.8 Å². The number of nitrogens with zero attached hydrogens (tertiary/aromatic N) is 2. The van der Waals surface area contributed by atoms with Crippen molar-refractivity contribution >= 4 is 0 Å². The fraction of sp³-hybridized carbons (Fsp3) is 0.750. The van der Waals surface area contributed by atoms with E-state index in [4.69, 9.17) is 4.74 Å². The quantitative estimate of drug-likeness (QED) is 0.805. The molecule has 0 unspecified atom stereocenters. The molecular weight excluding hydrogens is 202 g/mol. The Morgan fingerprint density at radius 2 is 2.00 bits per heavy atom. The van der Waals surface area contributed by atoms with Crippen molar-refractivity contribution in [3.8, 4) is 5.88 Å². The molecule has 0 bridgehead atoms. The minimum absolute atomic E-state index is 0.573. The predicted molar refractivity (Wildman–Crippen MR) is 65.7 cm³/mol. The van der Waals surface area contributed by atoms with Gasteiger partial charge in [-0.05, 0) is 19.8 Å². The van der Waals surface area contributed by atoms with E-state index in [-0.39, 0.29) is 0 Å². The molecule has 0 atom stereocenters. The normalized spacial score (nSPS) is 11.1. The SMILES string of the molecule is CCC(CC)NCc1c(C)nn(C)c1OC. The molecule has 0 aliphatic carbocycles. The number of rotatable bonds is 6. The molecule has 1 aromatic heterocycles. The van der Waals surface area contributed by atoms with Crippen LogP contribution in [0.15, 0.2) is 0 Å². The zero-order valence-electron chi connectivity index (χ0n) is 11.0. The van der Waals surface area contributed by atoms with Gasteiger partial charge in [-0.25, -0.2) is 4.68 Å². The molecule has 92 valence electrons. The maximum Gasteiger partial charge on any atom is 0.216 e. The van der Waals surface area contributed by atoms with E-state index < -0.39 is 0 Å². The monoisotopic (exact) mass is 225 g/mol. The molecule has 4 nitrogen and oxygen atoms in total. The van der Waals surface area contributed by atoms with Crippen LogP contribution in [0.3, 0.4) is 0 Å². The number of aromatic nitrogens is 2. The van der Waals surface area contributed by atoms with Crippen molar-refractivity contribution in [1.82, 2.24) is 15.1 Å². The van der Waals surface area contributed by atoms with E-state index in [1.54, 1.807) is 11.8 Å². The smallest absolute Gasteiger partial charge is 0.216 e. The predicted octanol–water partition coefficient (Wildman–Crippen LogP) is 2.02. The molecule has 1 heterocycles. The molecule has 0 saturated heterocycles. The minimum Gasteiger partial charge on any atom is -0.481 e. The van der Waals surface area contributed by atoms with E-state index >= 15 is 0 Å². The molecule has 0 radical (unpaired) electrons. The maximum absolute atomic E-state index is 5.36. The number of hydrogen-bond acceptors (Lipinski definition) is 3. The first-order chi connectivity index (χ1) is 7.63. The Bertz CT molecular complexity index is 329. The lowest BCUT2D eigenvalue weighted by molar-refractivity contribution is 0.365. The van der Waals surface area contributed by atoms with Gasteiger partial charge in [0.1, 0.15) is 0 Å². The Balaban J connectivity index is 2.72. The summed E-state index contributed by atoms with van der Waals surface area (Å²) in [6, 6.07) is 0.573. The van der Waals surface area contributed by atoms with E-state index in [1.165, 1.54) is 0 Å². The number of ether oxygens (including phenoxy) is 1. The Morgan fingerprint density at radius 3 is 2.50 bits per heavy atom. The van der Waals surface area contributed by atoms with Gasteiger partial charge in [0.05, 0.1) is 18.4 Å². The molecule has 0 saturated carbocycles. The van der Waals surface area contributed by atoms with Gasteiger partial charge in [-0.3, -0.25) is 0 Å². The number of hydrogen-bond donors (Lipinski definition) is 1. The van der Waals surface area contributed by atoms with Crippen molar-refractivity contribution in [3.63, 3.8) is 0 Å². The van der Waals surface area contributed by atoms with Crippen LogP contribution >= 0.6 is 0 Å². The molecule has 0 amide bonds. The largest absolute Gasteiger partial charge is 0.481 e. The molecule has 0 spiro atoms. The zero-order valence-corrected chi connectivity index (χ0v) is 11.0. The van der Waals surface area contributed by atoms with Gasteiger partial charge in [0.2, 0.25) is 5.88 Å². The fourth-order valence-electron chi connectivity index (χ4n) is 1.96. The minimum atomic E-state index is 0.573. The lowest BCUT2D eigenvalue weighted by Crippen LogP contribution is -2.27. The van der Waals surface area contributed by atoms with E-state index in [1.807, 2.05) is 14.0 Å². The fourth-order valence-corrected chi connectivity index (χ4v) is 1.96. The van der Waals surface area contributed by atoms with Crippen molar-refractivity contribution in [1.29, 1.82) is 0 Å². The summed E-state index contributed by atoms with van der Waals surface area (Å²) < 4.78 is 7.15. The Kier molecular flexibility index (Phi) is 4.80. The summed E-state index contributed by atoms with van der Waals surface area (Å²) in [7, 11) is 3.60. The first kappa shape index (κ1) is 13.0. The second-order valence-corrected chi connectivity index (χ2v) is 4.09. The number of aryl methyl sites for hydroxylation is 2. The summed E-state index contributed by atoms with van der Waals surface area (Å²) in [5, 5.41) is 7.89. The van der Waals surface area contributed by atoms with Gasteiger partial charge >= 0.3 is 0 Å². The highest BCUT2D eigenvalue weighted by Crippen LogP contribution is 2.20. The summed E-state index contributed by atoms with van der Waals surface area (Å²) >= 11 is 0. The van der Waals surface area contributed by atoms with E-state index in [0.29, 0.717) is 6.04 Å². The highest BCUT2D eigenvalue weighted by Gasteiger charge is 2.14. The van der Waals surface area contributed by atoms with Crippen LogP contribution in [0.2, 0.25) is 0 Å². The van der Waals surface area contributed by atoms with Gasteiger partial charge in [0.15, 0.2) is 0 Å². The first-order valence-electron chi connectivity index (χ1n) is 5.93. The Morgan fingerprint density at radius 1 is 1.38 bits per heavy atom. The molecule has 0 fully saturated rings. The molecule has 1 rings (SSSR count). The highest BCUT2D eigenvalue weighted by molar-refractivity contribution is 5.30. The molecule has 0 aliphatic heterocycles. The van der Waals surface area contributed by atoms with Gasteiger partial charge in [0.25, 0.3) is 0 Å². The second-order valence-electron chi connectivity index (χ2n) is 4.09. The van der Waals surface area contributed by atoms with Crippen LogP contribution in [0, 0.1) is 6.92 Å². The lowest BCUT2D eigenvalue weighted by Gasteiger charge is -2.14. The Hall–Kier alpha value is -1.03. The summed E-state index contributed by atoms with van der Waals surface area (Å²) in [5.41, 5.74) is 2.20. The van der Waals surface area contributed by atoms with Crippen molar-refractivity contribution in [2.75, 3.05) is 7.11 Å². The van der Waals surface area contributed by atoms with Crippen LogP contribution in [0.5, 0.6) is 5.88 Å². The average molecular weight is 225 g/mol. The van der Waals surface area contributed by atoms with E-state index in [2.05, 4.69) is 24.3 Å².